The minimum Gasteiger partial charge on any atom is -0.437 e. The van der Waals surface area contributed by atoms with Crippen LogP contribution in [0.25, 0.3) is 50.2 Å². The minimum absolute atomic E-state index is 0.386. The van der Waals surface area contributed by atoms with Crippen LogP contribution < -0.4 is 0 Å². The van der Waals surface area contributed by atoms with Crippen molar-refractivity contribution in [3.63, 3.8) is 0 Å². The van der Waals surface area contributed by atoms with Crippen molar-refractivity contribution in [2.24, 2.45) is 0 Å². The number of para-hydroxylation sites is 4. The van der Waals surface area contributed by atoms with E-state index in [1.807, 2.05) is 12.1 Å². The number of aromatic nitrogens is 3. The summed E-state index contributed by atoms with van der Waals surface area (Å²) in [6.45, 7) is 4.45. The van der Waals surface area contributed by atoms with E-state index in [4.69, 9.17) is 9.40 Å². The molecule has 0 aliphatic carbocycles. The highest BCUT2D eigenvalue weighted by molar-refractivity contribution is 6.08. The number of hydrogen-bond acceptors (Lipinski definition) is 3. The number of benzene rings is 3. The first kappa shape index (κ1) is 17.9. The van der Waals surface area contributed by atoms with Gasteiger partial charge < -0.3 is 4.42 Å². The van der Waals surface area contributed by atoms with Crippen LogP contribution in [0.2, 0.25) is 0 Å². The van der Waals surface area contributed by atoms with Crippen molar-refractivity contribution in [1.82, 2.24) is 14.5 Å². The Hall–Kier alpha value is -3.92. The number of hydrogen-bond donors (Lipinski definition) is 0. The highest BCUT2D eigenvalue weighted by atomic mass is 16.3. The van der Waals surface area contributed by atoms with Gasteiger partial charge in [0.1, 0.15) is 11.4 Å². The SMILES string of the molecule is CC(C)c1ccccc1-n1c(-c2cccc3c2oc2ncccc23)nc2ccccc21. The van der Waals surface area contributed by atoms with Gasteiger partial charge in [0.25, 0.3) is 0 Å². The molecule has 3 heterocycles. The molecule has 0 saturated carbocycles. The van der Waals surface area contributed by atoms with Gasteiger partial charge >= 0.3 is 0 Å². The van der Waals surface area contributed by atoms with Crippen molar-refractivity contribution in [3.05, 3.63) is 90.6 Å². The van der Waals surface area contributed by atoms with Gasteiger partial charge in [-0.2, -0.15) is 0 Å². The molecule has 0 fully saturated rings. The van der Waals surface area contributed by atoms with Crippen LogP contribution in [0.3, 0.4) is 0 Å². The molecule has 0 unspecified atom stereocenters. The molecule has 150 valence electrons. The average Bonchev–Trinajstić information content (AvgIpc) is 3.37. The van der Waals surface area contributed by atoms with Crippen molar-refractivity contribution >= 4 is 33.1 Å². The van der Waals surface area contributed by atoms with Crippen molar-refractivity contribution in [3.8, 4) is 17.1 Å². The van der Waals surface area contributed by atoms with E-state index in [2.05, 4.69) is 90.1 Å². The summed E-state index contributed by atoms with van der Waals surface area (Å²) in [5.74, 6) is 1.26. The molecule has 0 saturated heterocycles. The molecule has 0 radical (unpaired) electrons. The molecule has 31 heavy (non-hydrogen) atoms. The van der Waals surface area contributed by atoms with Crippen LogP contribution in [0, 0.1) is 0 Å². The predicted molar refractivity (Wildman–Crippen MR) is 126 cm³/mol. The third-order valence-electron chi connectivity index (χ3n) is 5.88. The van der Waals surface area contributed by atoms with Gasteiger partial charge in [0, 0.05) is 17.0 Å². The fourth-order valence-corrected chi connectivity index (χ4v) is 4.44. The number of furan rings is 1. The standard InChI is InChI=1S/C27H21N3O/c1-17(2)18-9-3-5-14-23(18)30-24-15-6-4-13-22(24)29-26(30)21-11-7-10-19-20-12-8-16-28-27(20)31-25(19)21/h3-17H,1-2H3. The van der Waals surface area contributed by atoms with E-state index in [0.717, 1.165) is 44.5 Å². The monoisotopic (exact) mass is 403 g/mol. The predicted octanol–water partition coefficient (Wildman–Crippen LogP) is 7.11. The number of fused-ring (bicyclic) bond motifs is 4. The lowest BCUT2D eigenvalue weighted by molar-refractivity contribution is 0.654. The molecule has 0 atom stereocenters. The van der Waals surface area contributed by atoms with E-state index in [1.54, 1.807) is 6.20 Å². The Morgan fingerprint density at radius 1 is 0.806 bits per heavy atom. The van der Waals surface area contributed by atoms with Gasteiger partial charge in [-0.1, -0.05) is 56.3 Å². The Labute approximate surface area is 179 Å². The maximum Gasteiger partial charge on any atom is 0.227 e. The Morgan fingerprint density at radius 2 is 1.61 bits per heavy atom. The maximum absolute atomic E-state index is 6.24. The van der Waals surface area contributed by atoms with Crippen LogP contribution in [-0.4, -0.2) is 14.5 Å². The zero-order chi connectivity index (χ0) is 20.9. The van der Waals surface area contributed by atoms with Crippen molar-refractivity contribution in [2.45, 2.75) is 19.8 Å². The van der Waals surface area contributed by atoms with Crippen LogP contribution in [0.1, 0.15) is 25.3 Å². The summed E-state index contributed by atoms with van der Waals surface area (Å²) >= 11 is 0. The Bertz CT molecular complexity index is 1570. The smallest absolute Gasteiger partial charge is 0.227 e. The topological polar surface area (TPSA) is 43.9 Å². The van der Waals surface area contributed by atoms with Crippen molar-refractivity contribution < 1.29 is 4.42 Å². The van der Waals surface area contributed by atoms with Gasteiger partial charge in [-0.25, -0.2) is 9.97 Å². The second-order valence-corrected chi connectivity index (χ2v) is 8.11. The van der Waals surface area contributed by atoms with Crippen molar-refractivity contribution in [2.75, 3.05) is 0 Å². The molecular weight excluding hydrogens is 382 g/mol. The molecule has 0 aliphatic heterocycles. The summed E-state index contributed by atoms with van der Waals surface area (Å²) in [5.41, 5.74) is 6.90. The summed E-state index contributed by atoms with van der Waals surface area (Å²) < 4.78 is 8.50. The lowest BCUT2D eigenvalue weighted by Crippen LogP contribution is -2.03. The zero-order valence-electron chi connectivity index (χ0n) is 17.4. The normalized spacial score (nSPS) is 11.8. The number of pyridine rings is 1. The van der Waals surface area contributed by atoms with Gasteiger partial charge in [0.2, 0.25) is 5.71 Å². The highest BCUT2D eigenvalue weighted by Crippen LogP contribution is 2.38. The van der Waals surface area contributed by atoms with Crippen LogP contribution >= 0.6 is 0 Å². The third-order valence-corrected chi connectivity index (χ3v) is 5.88. The third kappa shape index (κ3) is 2.68. The van der Waals surface area contributed by atoms with E-state index in [1.165, 1.54) is 5.56 Å². The number of imidazole rings is 1. The first-order chi connectivity index (χ1) is 15.2. The zero-order valence-corrected chi connectivity index (χ0v) is 17.4. The number of rotatable bonds is 3. The van der Waals surface area contributed by atoms with Crippen LogP contribution in [-0.2, 0) is 0 Å². The molecular formula is C27H21N3O. The van der Waals surface area contributed by atoms with Gasteiger partial charge in [-0.15, -0.1) is 0 Å². The second-order valence-electron chi connectivity index (χ2n) is 8.11. The molecule has 0 aliphatic rings. The fourth-order valence-electron chi connectivity index (χ4n) is 4.44. The quantitative estimate of drug-likeness (QED) is 0.316. The Kier molecular flexibility index (Phi) is 3.93. The van der Waals surface area contributed by atoms with E-state index >= 15 is 0 Å². The first-order valence-corrected chi connectivity index (χ1v) is 10.6. The molecule has 6 aromatic rings. The molecule has 4 heteroatoms. The summed E-state index contributed by atoms with van der Waals surface area (Å²) in [6, 6.07) is 27.1. The molecule has 0 spiro atoms. The number of nitrogens with zero attached hydrogens (tertiary/aromatic N) is 3. The van der Waals surface area contributed by atoms with E-state index in [9.17, 15) is 0 Å². The van der Waals surface area contributed by atoms with E-state index < -0.39 is 0 Å². The second kappa shape index (κ2) is 6.81. The summed E-state index contributed by atoms with van der Waals surface area (Å²) in [4.78, 5) is 9.48. The van der Waals surface area contributed by atoms with Crippen LogP contribution in [0.15, 0.2) is 89.5 Å². The molecule has 3 aromatic heterocycles. The van der Waals surface area contributed by atoms with E-state index in [0.29, 0.717) is 11.6 Å². The molecule has 3 aromatic carbocycles. The molecule has 0 amide bonds. The van der Waals surface area contributed by atoms with E-state index in [-0.39, 0.29) is 0 Å². The summed E-state index contributed by atoms with van der Waals surface area (Å²) in [6.07, 6.45) is 1.76. The first-order valence-electron chi connectivity index (χ1n) is 10.6. The minimum atomic E-state index is 0.386. The molecule has 4 nitrogen and oxygen atoms in total. The lowest BCUT2D eigenvalue weighted by Gasteiger charge is -2.16. The summed E-state index contributed by atoms with van der Waals surface area (Å²) in [7, 11) is 0. The van der Waals surface area contributed by atoms with Gasteiger partial charge in [0.15, 0.2) is 0 Å². The maximum atomic E-state index is 6.24. The average molecular weight is 403 g/mol. The molecule has 0 N–H and O–H groups in total. The van der Waals surface area contributed by atoms with Crippen molar-refractivity contribution in [1.29, 1.82) is 0 Å². The Morgan fingerprint density at radius 3 is 2.52 bits per heavy atom. The Balaban J connectivity index is 1.74. The largest absolute Gasteiger partial charge is 0.437 e. The van der Waals surface area contributed by atoms with Gasteiger partial charge in [-0.3, -0.25) is 4.57 Å². The van der Waals surface area contributed by atoms with Crippen LogP contribution in [0.5, 0.6) is 0 Å². The molecule has 6 rings (SSSR count). The highest BCUT2D eigenvalue weighted by Gasteiger charge is 2.21. The van der Waals surface area contributed by atoms with Gasteiger partial charge in [0.05, 0.1) is 22.3 Å². The molecule has 0 bridgehead atoms. The fraction of sp³-hybridized carbons (Fsp3) is 0.111. The van der Waals surface area contributed by atoms with Gasteiger partial charge in [-0.05, 0) is 47.9 Å². The summed E-state index contributed by atoms with van der Waals surface area (Å²) in [5, 5.41) is 2.07. The van der Waals surface area contributed by atoms with Crippen LogP contribution in [0.4, 0.5) is 0 Å². The lowest BCUT2D eigenvalue weighted by atomic mass is 10.0.